The number of carbonyl (C=O) groups excluding carboxylic acids is 4. The van der Waals surface area contributed by atoms with Crippen molar-refractivity contribution >= 4 is 45.2 Å². The van der Waals surface area contributed by atoms with Crippen LogP contribution in [0.25, 0.3) is 32.7 Å². The van der Waals surface area contributed by atoms with Gasteiger partial charge in [-0.2, -0.15) is 0 Å². The van der Waals surface area contributed by atoms with Gasteiger partial charge in [0.15, 0.2) is 6.61 Å². The van der Waals surface area contributed by atoms with Gasteiger partial charge < -0.3 is 41.6 Å². The molecule has 3 amide bonds. The summed E-state index contributed by atoms with van der Waals surface area (Å²) < 4.78 is 18.5. The van der Waals surface area contributed by atoms with Gasteiger partial charge in [0.05, 0.1) is 6.61 Å². The predicted octanol–water partition coefficient (Wildman–Crippen LogP) is 7.97. The van der Waals surface area contributed by atoms with E-state index >= 15 is 0 Å². The molecule has 0 radical (unpaired) electrons. The van der Waals surface area contributed by atoms with Crippen LogP contribution in [-0.2, 0) is 30.5 Å². The van der Waals surface area contributed by atoms with Gasteiger partial charge in [0.1, 0.15) is 36.2 Å². The quantitative estimate of drug-likeness (QED) is 0.0272. The molecule has 5 rings (SSSR count). The van der Waals surface area contributed by atoms with Crippen LogP contribution in [0.1, 0.15) is 84.6 Å². The Morgan fingerprint density at radius 3 is 1.61 bits per heavy atom. The first kappa shape index (κ1) is 49.0. The Balaban J connectivity index is 1.36. The zero-order chi connectivity index (χ0) is 45.8. The number of rotatable bonds is 26. The van der Waals surface area contributed by atoms with E-state index < -0.39 is 41.8 Å². The maximum atomic E-state index is 14.1. The van der Waals surface area contributed by atoms with Crippen LogP contribution < -0.4 is 36.9 Å². The Morgan fingerprint density at radius 2 is 1.06 bits per heavy atom. The van der Waals surface area contributed by atoms with Gasteiger partial charge in [-0.15, -0.1) is 0 Å². The fourth-order valence-corrected chi connectivity index (χ4v) is 7.63. The number of hydrogen-bond acceptors (Lipinski definition) is 9. The number of ether oxygens (including phenoxy) is 3. The first-order chi connectivity index (χ1) is 31.0. The van der Waals surface area contributed by atoms with E-state index in [9.17, 15) is 19.2 Å². The lowest BCUT2D eigenvalue weighted by atomic mass is 9.92. The highest BCUT2D eigenvalue weighted by Crippen LogP contribution is 2.45. The summed E-state index contributed by atoms with van der Waals surface area (Å²) >= 11 is 0. The van der Waals surface area contributed by atoms with Gasteiger partial charge in [-0.3, -0.25) is 14.4 Å². The molecule has 12 nitrogen and oxygen atoms in total. The van der Waals surface area contributed by atoms with Crippen LogP contribution >= 0.6 is 0 Å². The number of hydrogen-bond donors (Lipinski definition) is 5. The lowest BCUT2D eigenvalue weighted by Crippen LogP contribution is -2.56. The zero-order valence-corrected chi connectivity index (χ0v) is 37.9. The average molecular weight is 874 g/mol. The molecular weight excluding hydrogens is 807 g/mol. The summed E-state index contributed by atoms with van der Waals surface area (Å²) in [5.74, 6) is -0.405. The van der Waals surface area contributed by atoms with Crippen LogP contribution in [0.3, 0.4) is 0 Å². The number of esters is 1. The van der Waals surface area contributed by atoms with Gasteiger partial charge in [0, 0.05) is 11.1 Å². The second-order valence-corrected chi connectivity index (χ2v) is 17.2. The highest BCUT2D eigenvalue weighted by Gasteiger charge is 2.31. The standard InChI is InChI=1S/C52H67N5O7/c1-35(2)28-31-62-45-26-24-38-18-8-10-20-40(38)48(45)49-41-21-11-9-19-39(41)25-27-46(49)63-34-47(58)55-42(22-12-14-29-53)50(59)56-43(23-13-15-30-54)51(60)57-44(32-36(3)4)52(61)64-33-37-16-6-5-7-17-37/h5-11,16-21,24-27,35-36,42-44H,12-15,22-23,28-34,53-54H2,1-4H3,(H,55,58)(H,56,59)(H,57,60)/t42-,43-,44+/m1/s1. The van der Waals surface area contributed by atoms with Gasteiger partial charge in [0.2, 0.25) is 11.8 Å². The molecule has 5 aromatic carbocycles. The minimum absolute atomic E-state index is 0.0621. The molecule has 12 heteroatoms. The van der Waals surface area contributed by atoms with Gasteiger partial charge >= 0.3 is 5.97 Å². The van der Waals surface area contributed by atoms with Crippen molar-refractivity contribution in [3.63, 3.8) is 0 Å². The number of carbonyl (C=O) groups is 4. The fraction of sp³-hybridized carbons (Fsp3) is 0.423. The van der Waals surface area contributed by atoms with Crippen molar-refractivity contribution in [2.24, 2.45) is 23.3 Å². The van der Waals surface area contributed by atoms with E-state index in [1.165, 1.54) is 0 Å². The molecule has 0 bridgehead atoms. The second kappa shape index (κ2) is 25.3. The lowest BCUT2D eigenvalue weighted by Gasteiger charge is -2.26. The van der Waals surface area contributed by atoms with E-state index in [4.69, 9.17) is 25.7 Å². The summed E-state index contributed by atoms with van der Waals surface area (Å²) in [6, 6.07) is 30.4. The number of unbranched alkanes of at least 4 members (excludes halogenated alkanes) is 2. The first-order valence-corrected chi connectivity index (χ1v) is 22.8. The van der Waals surface area contributed by atoms with E-state index in [1.54, 1.807) is 0 Å². The molecule has 0 heterocycles. The second-order valence-electron chi connectivity index (χ2n) is 17.2. The van der Waals surface area contributed by atoms with Crippen LogP contribution in [-0.4, -0.2) is 68.1 Å². The Hall–Kier alpha value is -5.98. The molecule has 0 aliphatic rings. The van der Waals surface area contributed by atoms with Crippen molar-refractivity contribution in [1.82, 2.24) is 16.0 Å². The molecule has 0 aromatic heterocycles. The summed E-state index contributed by atoms with van der Waals surface area (Å²) in [7, 11) is 0. The fourth-order valence-electron chi connectivity index (χ4n) is 7.63. The van der Waals surface area contributed by atoms with Crippen molar-refractivity contribution in [3.8, 4) is 22.6 Å². The smallest absolute Gasteiger partial charge is 0.328 e. The van der Waals surface area contributed by atoms with Crippen molar-refractivity contribution in [2.75, 3.05) is 26.3 Å². The number of nitrogens with two attached hydrogens (primary N) is 2. The Kier molecular flexibility index (Phi) is 19.4. The Labute approximate surface area is 378 Å². The summed E-state index contributed by atoms with van der Waals surface area (Å²) in [6.07, 6.45) is 4.14. The van der Waals surface area contributed by atoms with Crippen LogP contribution in [0, 0.1) is 11.8 Å². The third kappa shape index (κ3) is 14.5. The molecule has 5 aromatic rings. The summed E-state index contributed by atoms with van der Waals surface area (Å²) in [5, 5.41) is 12.6. The normalized spacial score (nSPS) is 12.8. The number of fused-ring (bicyclic) bond motifs is 2. The molecule has 342 valence electrons. The molecule has 3 atom stereocenters. The van der Waals surface area contributed by atoms with Crippen molar-refractivity contribution < 1.29 is 33.4 Å². The topological polar surface area (TPSA) is 184 Å². The minimum Gasteiger partial charge on any atom is -0.493 e. The molecule has 0 saturated heterocycles. The number of amides is 3. The monoisotopic (exact) mass is 874 g/mol. The molecule has 0 aliphatic heterocycles. The SMILES string of the molecule is CC(C)CCOc1ccc2ccccc2c1-c1c(OCC(=O)N[C@H](CCCCN)C(=O)N[C@H](CCCCN)C(=O)N[C@@H](CC(C)C)C(=O)OCc2ccccc2)ccc2ccccc12. The molecule has 0 spiro atoms. The van der Waals surface area contributed by atoms with Crippen molar-refractivity contribution in [1.29, 1.82) is 0 Å². The van der Waals surface area contributed by atoms with Crippen molar-refractivity contribution in [2.45, 2.75) is 104 Å². The van der Waals surface area contributed by atoms with Gasteiger partial charge in [-0.05, 0) is 116 Å². The predicted molar refractivity (Wildman–Crippen MR) is 255 cm³/mol. The molecule has 64 heavy (non-hydrogen) atoms. The Morgan fingerprint density at radius 1 is 0.547 bits per heavy atom. The van der Waals surface area contributed by atoms with E-state index in [2.05, 4.69) is 48.0 Å². The summed E-state index contributed by atoms with van der Waals surface area (Å²) in [4.78, 5) is 55.3. The first-order valence-electron chi connectivity index (χ1n) is 22.8. The molecular formula is C52H67N5O7. The van der Waals surface area contributed by atoms with Crippen molar-refractivity contribution in [3.05, 3.63) is 109 Å². The van der Waals surface area contributed by atoms with E-state index in [-0.39, 0.29) is 32.0 Å². The number of benzene rings is 5. The van der Waals surface area contributed by atoms with Crippen LogP contribution in [0.5, 0.6) is 11.5 Å². The van der Waals surface area contributed by atoms with Gasteiger partial charge in [0.25, 0.3) is 5.91 Å². The van der Waals surface area contributed by atoms with Crippen LogP contribution in [0.15, 0.2) is 103 Å². The molecule has 7 N–H and O–H groups in total. The molecule has 0 unspecified atom stereocenters. The maximum Gasteiger partial charge on any atom is 0.328 e. The minimum atomic E-state index is -1.00. The van der Waals surface area contributed by atoms with Crippen LogP contribution in [0.4, 0.5) is 0 Å². The average Bonchev–Trinajstić information content (AvgIpc) is 3.29. The highest BCUT2D eigenvalue weighted by atomic mass is 16.5. The van der Waals surface area contributed by atoms with E-state index in [0.717, 1.165) is 44.7 Å². The molecule has 0 aliphatic carbocycles. The third-order valence-corrected chi connectivity index (χ3v) is 11.1. The highest BCUT2D eigenvalue weighted by molar-refractivity contribution is 6.10. The lowest BCUT2D eigenvalue weighted by molar-refractivity contribution is -0.150. The summed E-state index contributed by atoms with van der Waals surface area (Å²) in [6.45, 7) is 9.26. The molecule has 0 saturated carbocycles. The largest absolute Gasteiger partial charge is 0.493 e. The number of nitrogens with one attached hydrogen (secondary N) is 3. The van der Waals surface area contributed by atoms with Gasteiger partial charge in [-0.25, -0.2) is 4.79 Å². The molecule has 0 fully saturated rings. The summed E-state index contributed by atoms with van der Waals surface area (Å²) in [5.41, 5.74) is 14.1. The van der Waals surface area contributed by atoms with Gasteiger partial charge in [-0.1, -0.05) is 119 Å². The third-order valence-electron chi connectivity index (χ3n) is 11.1. The zero-order valence-electron chi connectivity index (χ0n) is 37.9. The van der Waals surface area contributed by atoms with Crippen LogP contribution in [0.2, 0.25) is 0 Å². The van der Waals surface area contributed by atoms with E-state index in [1.807, 2.05) is 98.8 Å². The Bertz CT molecular complexity index is 2280. The maximum absolute atomic E-state index is 14.1. The van der Waals surface area contributed by atoms with E-state index in [0.29, 0.717) is 69.2 Å².